The Labute approximate surface area is 78.3 Å². The third kappa shape index (κ3) is 5.37. The molecule has 0 radical (unpaired) electrons. The second-order valence-electron chi connectivity index (χ2n) is 2.69. The molecular formula is C7H9F3N2O2. The number of aliphatic carboxylic acids is 1. The predicted molar refractivity (Wildman–Crippen MR) is 36.5 cm³/mol. The van der Waals surface area contributed by atoms with E-state index < -0.39 is 12.1 Å². The van der Waals surface area contributed by atoms with Gasteiger partial charge in [0.2, 0.25) is 0 Å². The lowest BCUT2D eigenvalue weighted by Crippen LogP contribution is -2.86. The third-order valence-corrected chi connectivity index (χ3v) is 1.57. The largest absolute Gasteiger partial charge is 0.542 e. The molecule has 0 amide bonds. The Balaban J connectivity index is 0.000000241. The summed E-state index contributed by atoms with van der Waals surface area (Å²) in [6, 6.07) is 2.49. The van der Waals surface area contributed by atoms with Crippen LogP contribution in [0, 0.1) is 11.3 Å². The predicted octanol–water partition coefficient (Wildman–Crippen LogP) is -1.47. The number of hydrogen-bond donors (Lipinski definition) is 1. The van der Waals surface area contributed by atoms with E-state index in [4.69, 9.17) is 15.2 Å². The number of quaternary nitrogens is 1. The minimum Gasteiger partial charge on any atom is -0.542 e. The van der Waals surface area contributed by atoms with Gasteiger partial charge in [0, 0.05) is 12.8 Å². The molecule has 0 spiro atoms. The number of nitrogens with zero attached hydrogens (tertiary/aromatic N) is 1. The summed E-state index contributed by atoms with van der Waals surface area (Å²) < 4.78 is 31.5. The van der Waals surface area contributed by atoms with E-state index in [-0.39, 0.29) is 6.04 Å². The summed E-state index contributed by atoms with van der Waals surface area (Å²) in [5.74, 6) is -3.01. The maximum absolute atomic E-state index is 10.5. The van der Waals surface area contributed by atoms with Gasteiger partial charge in [-0.05, 0) is 0 Å². The van der Waals surface area contributed by atoms with E-state index in [1.54, 1.807) is 0 Å². The molecule has 0 aromatic heterocycles. The van der Waals surface area contributed by atoms with Gasteiger partial charge in [-0.15, -0.1) is 0 Å². The zero-order valence-electron chi connectivity index (χ0n) is 7.17. The van der Waals surface area contributed by atoms with Gasteiger partial charge in [-0.3, -0.25) is 0 Å². The van der Waals surface area contributed by atoms with Gasteiger partial charge in [0.25, 0.3) is 0 Å². The fraction of sp³-hybridized carbons (Fsp3) is 0.714. The van der Waals surface area contributed by atoms with Crippen LogP contribution < -0.4 is 10.4 Å². The minimum atomic E-state index is -5.19. The SMILES string of the molecule is N#C[C@@H]1CCC[NH2+]1.O=C([O-])C(F)(F)F. The molecule has 1 saturated heterocycles. The van der Waals surface area contributed by atoms with E-state index in [1.165, 1.54) is 6.42 Å². The highest BCUT2D eigenvalue weighted by molar-refractivity contribution is 5.70. The molecule has 1 aliphatic rings. The number of halogens is 3. The van der Waals surface area contributed by atoms with Gasteiger partial charge < -0.3 is 15.2 Å². The van der Waals surface area contributed by atoms with Crippen LogP contribution in [0.5, 0.6) is 0 Å². The van der Waals surface area contributed by atoms with Crippen molar-refractivity contribution in [2.75, 3.05) is 6.54 Å². The van der Waals surface area contributed by atoms with Crippen LogP contribution in [0.3, 0.4) is 0 Å². The molecule has 14 heavy (non-hydrogen) atoms. The molecule has 1 fully saturated rings. The molecule has 1 rings (SSSR count). The van der Waals surface area contributed by atoms with Crippen LogP contribution >= 0.6 is 0 Å². The van der Waals surface area contributed by atoms with Crippen molar-refractivity contribution in [1.82, 2.24) is 0 Å². The maximum Gasteiger partial charge on any atom is 0.430 e. The number of carboxylic acids is 1. The third-order valence-electron chi connectivity index (χ3n) is 1.57. The molecule has 0 unspecified atom stereocenters. The monoisotopic (exact) mass is 210 g/mol. The number of nitriles is 1. The summed E-state index contributed by atoms with van der Waals surface area (Å²) in [4.78, 5) is 8.78. The van der Waals surface area contributed by atoms with Crippen LogP contribution in [-0.2, 0) is 4.79 Å². The summed E-state index contributed by atoms with van der Waals surface area (Å²) in [5, 5.41) is 19.2. The first-order valence-corrected chi connectivity index (χ1v) is 3.89. The summed E-state index contributed by atoms with van der Waals surface area (Å²) in [7, 11) is 0. The average Bonchev–Trinajstić information content (AvgIpc) is 2.54. The Morgan fingerprint density at radius 2 is 2.07 bits per heavy atom. The van der Waals surface area contributed by atoms with Gasteiger partial charge in [0.1, 0.15) is 12.0 Å². The summed E-state index contributed by atoms with van der Waals surface area (Å²) >= 11 is 0. The number of carbonyl (C=O) groups excluding carboxylic acids is 1. The molecular weight excluding hydrogens is 201 g/mol. The fourth-order valence-electron chi connectivity index (χ4n) is 0.892. The number of nitrogens with two attached hydrogens (primary N) is 1. The topological polar surface area (TPSA) is 80.5 Å². The number of carboxylic acid groups (broad SMARTS) is 1. The molecule has 4 nitrogen and oxygen atoms in total. The van der Waals surface area contributed by atoms with Gasteiger partial charge in [0.05, 0.1) is 6.54 Å². The zero-order valence-corrected chi connectivity index (χ0v) is 7.17. The van der Waals surface area contributed by atoms with Crippen LogP contribution in [0.4, 0.5) is 13.2 Å². The summed E-state index contributed by atoms with van der Waals surface area (Å²) in [6.45, 7) is 1.15. The first-order chi connectivity index (χ1) is 6.38. The molecule has 7 heteroatoms. The van der Waals surface area contributed by atoms with Crippen molar-refractivity contribution in [3.8, 4) is 6.07 Å². The normalized spacial score (nSPS) is 20.6. The second-order valence-corrected chi connectivity index (χ2v) is 2.69. The molecule has 80 valence electrons. The van der Waals surface area contributed by atoms with Gasteiger partial charge in [-0.1, -0.05) is 0 Å². The molecule has 0 saturated carbocycles. The smallest absolute Gasteiger partial charge is 0.430 e. The molecule has 1 atom stereocenters. The van der Waals surface area contributed by atoms with Crippen molar-refractivity contribution in [1.29, 1.82) is 5.26 Å². The van der Waals surface area contributed by atoms with E-state index in [0.717, 1.165) is 13.0 Å². The lowest BCUT2D eigenvalue weighted by atomic mass is 10.2. The van der Waals surface area contributed by atoms with E-state index in [2.05, 4.69) is 11.4 Å². The van der Waals surface area contributed by atoms with Crippen molar-refractivity contribution in [3.63, 3.8) is 0 Å². The van der Waals surface area contributed by atoms with Crippen LogP contribution in [0.1, 0.15) is 12.8 Å². The molecule has 2 N–H and O–H groups in total. The highest BCUT2D eigenvalue weighted by atomic mass is 19.4. The lowest BCUT2D eigenvalue weighted by Gasteiger charge is -2.03. The van der Waals surface area contributed by atoms with Crippen LogP contribution in [0.15, 0.2) is 0 Å². The van der Waals surface area contributed by atoms with Gasteiger partial charge in [0.15, 0.2) is 6.04 Å². The number of carbonyl (C=O) groups is 1. The summed E-state index contributed by atoms with van der Waals surface area (Å²) in [5.41, 5.74) is 0. The Morgan fingerprint density at radius 3 is 2.21 bits per heavy atom. The van der Waals surface area contributed by atoms with E-state index in [9.17, 15) is 13.2 Å². The molecule has 0 aliphatic carbocycles. The van der Waals surface area contributed by atoms with E-state index >= 15 is 0 Å². The Morgan fingerprint density at radius 1 is 1.57 bits per heavy atom. The Hall–Kier alpha value is -1.29. The molecule has 0 bridgehead atoms. The number of rotatable bonds is 0. The fourth-order valence-corrected chi connectivity index (χ4v) is 0.892. The van der Waals surface area contributed by atoms with Crippen LogP contribution in [0.25, 0.3) is 0 Å². The first-order valence-electron chi connectivity index (χ1n) is 3.89. The molecule has 1 heterocycles. The number of alkyl halides is 3. The van der Waals surface area contributed by atoms with E-state index in [1.807, 2.05) is 0 Å². The van der Waals surface area contributed by atoms with Crippen molar-refractivity contribution in [2.45, 2.75) is 25.1 Å². The first kappa shape index (κ1) is 12.7. The van der Waals surface area contributed by atoms with Gasteiger partial charge in [-0.25, -0.2) is 0 Å². The number of hydrogen-bond acceptors (Lipinski definition) is 3. The lowest BCUT2D eigenvalue weighted by molar-refractivity contribution is -0.657. The van der Waals surface area contributed by atoms with E-state index in [0.29, 0.717) is 0 Å². The van der Waals surface area contributed by atoms with Crippen LogP contribution in [-0.4, -0.2) is 24.7 Å². The van der Waals surface area contributed by atoms with Gasteiger partial charge in [-0.2, -0.15) is 18.4 Å². The minimum absolute atomic E-state index is 0.278. The molecule has 0 aromatic rings. The maximum atomic E-state index is 10.5. The zero-order chi connectivity index (χ0) is 11.2. The Bertz CT molecular complexity index is 228. The standard InChI is InChI=1S/C5H8N2.C2HF3O2/c6-4-5-2-1-3-7-5;3-2(4,5)1(6)7/h5,7H,1-3H2;(H,6,7)/t5-;/m0./s1. The average molecular weight is 210 g/mol. The summed E-state index contributed by atoms with van der Waals surface area (Å²) in [6.07, 6.45) is -2.88. The van der Waals surface area contributed by atoms with Crippen LogP contribution in [0.2, 0.25) is 0 Å². The quantitative estimate of drug-likeness (QED) is 0.530. The second kappa shape index (κ2) is 5.44. The Kier molecular flexibility index (Phi) is 4.94. The van der Waals surface area contributed by atoms with Crippen molar-refractivity contribution >= 4 is 5.97 Å². The van der Waals surface area contributed by atoms with Crippen molar-refractivity contribution in [3.05, 3.63) is 0 Å². The highest BCUT2D eigenvalue weighted by Gasteiger charge is 2.28. The van der Waals surface area contributed by atoms with Crippen molar-refractivity contribution in [2.24, 2.45) is 0 Å². The molecule has 0 aromatic carbocycles. The molecule has 1 aliphatic heterocycles. The van der Waals surface area contributed by atoms with Crippen molar-refractivity contribution < 1.29 is 28.4 Å². The van der Waals surface area contributed by atoms with Gasteiger partial charge >= 0.3 is 6.18 Å². The highest BCUT2D eigenvalue weighted by Crippen LogP contribution is 2.11.